The van der Waals surface area contributed by atoms with E-state index in [0.29, 0.717) is 12.5 Å². The van der Waals surface area contributed by atoms with Gasteiger partial charge in [0.05, 0.1) is 6.61 Å². The van der Waals surface area contributed by atoms with Crippen molar-refractivity contribution in [3.05, 3.63) is 12.7 Å². The summed E-state index contributed by atoms with van der Waals surface area (Å²) in [5.41, 5.74) is 0. The number of halogens is 1. The van der Waals surface area contributed by atoms with Crippen molar-refractivity contribution in [2.75, 3.05) is 12.5 Å². The van der Waals surface area contributed by atoms with Crippen molar-refractivity contribution in [1.29, 1.82) is 0 Å². The molecule has 0 aromatic heterocycles. The summed E-state index contributed by atoms with van der Waals surface area (Å²) in [6.07, 6.45) is 1.50. The first-order valence-corrected chi connectivity index (χ1v) is 3.64. The molecule has 2 heteroatoms. The fraction of sp³-hybridized carbons (Fsp3) is 0.500. The van der Waals surface area contributed by atoms with Gasteiger partial charge in [0.1, 0.15) is 6.10 Å². The lowest BCUT2D eigenvalue weighted by Gasteiger charge is -2.02. The number of allylic oxidation sites excluding steroid dienone is 1. The molecule has 0 aromatic carbocycles. The van der Waals surface area contributed by atoms with E-state index < -0.39 is 0 Å². The highest BCUT2D eigenvalue weighted by molar-refractivity contribution is 6.17. The van der Waals surface area contributed by atoms with Crippen LogP contribution in [0.15, 0.2) is 12.7 Å². The van der Waals surface area contributed by atoms with Crippen LogP contribution in [-0.4, -0.2) is 18.6 Å². The van der Waals surface area contributed by atoms with Crippen molar-refractivity contribution in [3.63, 3.8) is 0 Å². The van der Waals surface area contributed by atoms with E-state index in [9.17, 15) is 0 Å². The van der Waals surface area contributed by atoms with Crippen LogP contribution in [0.2, 0.25) is 0 Å². The van der Waals surface area contributed by atoms with Crippen LogP contribution in [0.4, 0.5) is 0 Å². The quantitative estimate of drug-likeness (QED) is 0.450. The molecule has 0 amide bonds. The number of alkyl halides is 1. The van der Waals surface area contributed by atoms with E-state index in [1.807, 2.05) is 6.92 Å². The minimum Gasteiger partial charge on any atom is -0.365 e. The molecule has 0 N–H and O–H groups in total. The van der Waals surface area contributed by atoms with E-state index in [4.69, 9.17) is 16.3 Å². The second-order valence-electron chi connectivity index (χ2n) is 1.69. The Morgan fingerprint density at radius 1 is 1.80 bits per heavy atom. The van der Waals surface area contributed by atoms with E-state index in [-0.39, 0.29) is 6.10 Å². The van der Waals surface area contributed by atoms with Gasteiger partial charge in [-0.05, 0) is 13.0 Å². The Balaban J connectivity index is 3.42. The van der Waals surface area contributed by atoms with Gasteiger partial charge in [-0.3, -0.25) is 0 Å². The van der Waals surface area contributed by atoms with Crippen molar-refractivity contribution in [3.8, 4) is 11.8 Å². The van der Waals surface area contributed by atoms with Crippen LogP contribution in [0, 0.1) is 11.8 Å². The van der Waals surface area contributed by atoms with Crippen molar-refractivity contribution in [2.24, 2.45) is 0 Å². The average Bonchev–Trinajstić information content (AvgIpc) is 1.97. The molecule has 56 valence electrons. The second-order valence-corrected chi connectivity index (χ2v) is 2.07. The summed E-state index contributed by atoms with van der Waals surface area (Å²) in [4.78, 5) is 0. The highest BCUT2D eigenvalue weighted by atomic mass is 35.5. The fourth-order valence-electron chi connectivity index (χ4n) is 0.439. The Morgan fingerprint density at radius 2 is 2.50 bits per heavy atom. The fourth-order valence-corrected chi connectivity index (χ4v) is 0.528. The molecule has 0 aromatic rings. The van der Waals surface area contributed by atoms with Gasteiger partial charge in [-0.1, -0.05) is 18.4 Å². The van der Waals surface area contributed by atoms with Crippen LogP contribution in [-0.2, 0) is 4.74 Å². The summed E-state index contributed by atoms with van der Waals surface area (Å²) >= 11 is 5.39. The van der Waals surface area contributed by atoms with Crippen LogP contribution < -0.4 is 0 Å². The number of hydrogen-bond acceptors (Lipinski definition) is 1. The van der Waals surface area contributed by atoms with E-state index in [1.165, 1.54) is 0 Å². The van der Waals surface area contributed by atoms with Gasteiger partial charge in [0, 0.05) is 5.88 Å². The normalized spacial score (nSPS) is 11.4. The van der Waals surface area contributed by atoms with Crippen molar-refractivity contribution in [2.45, 2.75) is 13.0 Å². The zero-order valence-corrected chi connectivity index (χ0v) is 6.82. The smallest absolute Gasteiger partial charge is 0.115 e. The molecule has 0 radical (unpaired) electrons. The molecule has 0 heterocycles. The predicted octanol–water partition coefficient (Wildman–Crippen LogP) is 1.82. The maximum absolute atomic E-state index is 5.39. The van der Waals surface area contributed by atoms with E-state index in [1.54, 1.807) is 6.08 Å². The lowest BCUT2D eigenvalue weighted by Crippen LogP contribution is -2.06. The van der Waals surface area contributed by atoms with Crippen molar-refractivity contribution >= 4 is 11.6 Å². The summed E-state index contributed by atoms with van der Waals surface area (Å²) in [6, 6.07) is 0. The largest absolute Gasteiger partial charge is 0.365 e. The molecule has 1 nitrogen and oxygen atoms in total. The molecule has 0 saturated carbocycles. The van der Waals surface area contributed by atoms with Crippen LogP contribution in [0.1, 0.15) is 6.92 Å². The van der Waals surface area contributed by atoms with Gasteiger partial charge in [-0.15, -0.1) is 11.6 Å². The molecule has 0 saturated heterocycles. The van der Waals surface area contributed by atoms with Crippen molar-refractivity contribution < 1.29 is 4.74 Å². The summed E-state index contributed by atoms with van der Waals surface area (Å²) < 4.78 is 5.14. The molecule has 1 unspecified atom stereocenters. The third-order valence-corrected chi connectivity index (χ3v) is 0.988. The highest BCUT2D eigenvalue weighted by Crippen LogP contribution is 1.88. The molecule has 0 bridgehead atoms. The van der Waals surface area contributed by atoms with Crippen LogP contribution in [0.25, 0.3) is 0 Å². The molecular formula is C8H11ClO. The highest BCUT2D eigenvalue weighted by Gasteiger charge is 1.92. The molecule has 0 spiro atoms. The van der Waals surface area contributed by atoms with E-state index >= 15 is 0 Å². The first-order chi connectivity index (χ1) is 4.81. The molecule has 0 aliphatic heterocycles. The molecule has 1 atom stereocenters. The Kier molecular flexibility index (Phi) is 6.37. The van der Waals surface area contributed by atoms with Crippen LogP contribution >= 0.6 is 11.6 Å². The molecular weight excluding hydrogens is 148 g/mol. The number of hydrogen-bond donors (Lipinski definition) is 0. The van der Waals surface area contributed by atoms with Gasteiger partial charge in [-0.2, -0.15) is 0 Å². The third-order valence-electron chi connectivity index (χ3n) is 0.834. The van der Waals surface area contributed by atoms with Gasteiger partial charge in [0.15, 0.2) is 0 Å². The lowest BCUT2D eigenvalue weighted by atomic mass is 10.4. The SMILES string of the molecule is C=CC#CC(C)OCCCl. The summed E-state index contributed by atoms with van der Waals surface area (Å²) in [6.45, 7) is 5.89. The second kappa shape index (κ2) is 6.67. The Labute approximate surface area is 67.0 Å². The van der Waals surface area contributed by atoms with Crippen LogP contribution in [0.3, 0.4) is 0 Å². The monoisotopic (exact) mass is 158 g/mol. The van der Waals surface area contributed by atoms with Crippen molar-refractivity contribution in [1.82, 2.24) is 0 Å². The first-order valence-electron chi connectivity index (χ1n) is 3.10. The molecule has 0 aliphatic carbocycles. The van der Waals surface area contributed by atoms with Gasteiger partial charge >= 0.3 is 0 Å². The van der Waals surface area contributed by atoms with Gasteiger partial charge < -0.3 is 4.74 Å². The maximum Gasteiger partial charge on any atom is 0.115 e. The van der Waals surface area contributed by atoms with Gasteiger partial charge in [-0.25, -0.2) is 0 Å². The predicted molar refractivity (Wildman–Crippen MR) is 44.1 cm³/mol. The molecule has 0 aliphatic rings. The van der Waals surface area contributed by atoms with Gasteiger partial charge in [0.2, 0.25) is 0 Å². The zero-order valence-electron chi connectivity index (χ0n) is 6.06. The standard InChI is InChI=1S/C8H11ClO/c1-3-4-5-8(2)10-7-6-9/h3,8H,1,6-7H2,2H3. The number of rotatable bonds is 3. The Hall–Kier alpha value is -0.450. The zero-order chi connectivity index (χ0) is 7.82. The molecule has 0 fully saturated rings. The van der Waals surface area contributed by atoms with E-state index in [0.717, 1.165) is 0 Å². The summed E-state index contributed by atoms with van der Waals surface area (Å²) in [5, 5.41) is 0. The first kappa shape index (κ1) is 9.55. The Morgan fingerprint density at radius 3 is 3.00 bits per heavy atom. The minimum atomic E-state index is -0.0447. The maximum atomic E-state index is 5.39. The number of ether oxygens (including phenoxy) is 1. The summed E-state index contributed by atoms with van der Waals surface area (Å²) in [7, 11) is 0. The van der Waals surface area contributed by atoms with Gasteiger partial charge in [0.25, 0.3) is 0 Å². The lowest BCUT2D eigenvalue weighted by molar-refractivity contribution is 0.117. The average molecular weight is 159 g/mol. The molecule has 10 heavy (non-hydrogen) atoms. The van der Waals surface area contributed by atoms with E-state index in [2.05, 4.69) is 18.4 Å². The Bertz CT molecular complexity index is 143. The van der Waals surface area contributed by atoms with Crippen LogP contribution in [0.5, 0.6) is 0 Å². The minimum absolute atomic E-state index is 0.0447. The molecule has 0 rings (SSSR count). The third kappa shape index (κ3) is 5.68. The topological polar surface area (TPSA) is 9.23 Å². The summed E-state index contributed by atoms with van der Waals surface area (Å²) in [5.74, 6) is 6.03.